The number of aromatic nitrogens is 2. The molecule has 1 aliphatic carbocycles. The van der Waals surface area contributed by atoms with E-state index in [4.69, 9.17) is 11.6 Å². The van der Waals surface area contributed by atoms with Gasteiger partial charge in [-0.15, -0.1) is 0 Å². The molecular weight excluding hydrogens is 384 g/mol. The van der Waals surface area contributed by atoms with Gasteiger partial charge in [0.2, 0.25) is 0 Å². The normalized spacial score (nSPS) is 17.4. The van der Waals surface area contributed by atoms with Gasteiger partial charge < -0.3 is 4.90 Å². The van der Waals surface area contributed by atoms with Gasteiger partial charge in [0.05, 0.1) is 10.7 Å². The molecule has 4 nitrogen and oxygen atoms in total. The third kappa shape index (κ3) is 3.34. The van der Waals surface area contributed by atoms with E-state index in [1.807, 2.05) is 6.92 Å². The molecule has 0 atom stereocenters. The van der Waals surface area contributed by atoms with Crippen LogP contribution in [0.1, 0.15) is 37.1 Å². The number of anilines is 1. The lowest BCUT2D eigenvalue weighted by atomic mass is 10.2. The Morgan fingerprint density at radius 1 is 1.22 bits per heavy atom. The summed E-state index contributed by atoms with van der Waals surface area (Å²) in [6.07, 6.45) is 0.288. The highest BCUT2D eigenvalue weighted by molar-refractivity contribution is 6.32. The van der Waals surface area contributed by atoms with Crippen molar-refractivity contribution in [3.05, 3.63) is 52.7 Å². The summed E-state index contributed by atoms with van der Waals surface area (Å²) in [6.45, 7) is 2.21. The van der Waals surface area contributed by atoms with Gasteiger partial charge in [-0.05, 0) is 44.0 Å². The van der Waals surface area contributed by atoms with Gasteiger partial charge >= 0.3 is 6.18 Å². The number of aliphatic imine (C=N–C) groups is 1. The van der Waals surface area contributed by atoms with Crippen LogP contribution in [-0.4, -0.2) is 22.2 Å². The van der Waals surface area contributed by atoms with Gasteiger partial charge in [-0.1, -0.05) is 11.6 Å². The summed E-state index contributed by atoms with van der Waals surface area (Å²) in [5.41, 5.74) is 0.389. The van der Waals surface area contributed by atoms with Crippen molar-refractivity contribution in [1.82, 2.24) is 9.78 Å². The van der Waals surface area contributed by atoms with E-state index in [1.54, 1.807) is 23.2 Å². The predicted molar refractivity (Wildman–Crippen MR) is 95.1 cm³/mol. The Balaban J connectivity index is 1.75. The smallest absolute Gasteiger partial charge is 0.328 e. The molecule has 0 saturated heterocycles. The van der Waals surface area contributed by atoms with Crippen LogP contribution in [0.5, 0.6) is 0 Å². The lowest BCUT2D eigenvalue weighted by Gasteiger charge is -2.22. The van der Waals surface area contributed by atoms with Gasteiger partial charge in [0.25, 0.3) is 0 Å². The minimum Gasteiger partial charge on any atom is -0.328 e. The largest absolute Gasteiger partial charge is 0.436 e. The minimum absolute atomic E-state index is 0.0567. The van der Waals surface area contributed by atoms with Gasteiger partial charge in [-0.25, -0.2) is 9.07 Å². The second-order valence-corrected chi connectivity index (χ2v) is 6.97. The number of alkyl halides is 3. The first-order chi connectivity index (χ1) is 12.8. The van der Waals surface area contributed by atoms with Crippen LogP contribution in [0.2, 0.25) is 5.02 Å². The molecule has 2 aromatic rings. The fourth-order valence-corrected chi connectivity index (χ4v) is 3.36. The standard InChI is InChI=1S/C18H15ClF4N4/c1-10-6-7-26(9-24-10)12-4-5-14(13(20)8-12)27-16(11-2-3-11)15(19)17(25-27)18(21,22)23/h4-8,11H,2-3,9H2,1H3. The highest BCUT2D eigenvalue weighted by atomic mass is 35.5. The Kier molecular flexibility index (Phi) is 4.25. The number of benzene rings is 1. The van der Waals surface area contributed by atoms with Crippen molar-refractivity contribution >= 4 is 23.0 Å². The molecule has 0 spiro atoms. The Bertz CT molecular complexity index is 957. The molecule has 2 aliphatic rings. The first-order valence-corrected chi connectivity index (χ1v) is 8.75. The number of hydrogen-bond donors (Lipinski definition) is 0. The molecule has 9 heteroatoms. The van der Waals surface area contributed by atoms with E-state index in [9.17, 15) is 17.6 Å². The fraction of sp³-hybridized carbons (Fsp3) is 0.333. The summed E-state index contributed by atoms with van der Waals surface area (Å²) < 4.78 is 55.4. The Hall–Kier alpha value is -2.35. The quantitative estimate of drug-likeness (QED) is 0.656. The molecule has 4 rings (SSSR count). The monoisotopic (exact) mass is 398 g/mol. The molecule has 1 aromatic heterocycles. The van der Waals surface area contributed by atoms with Gasteiger partial charge in [-0.3, -0.25) is 4.99 Å². The van der Waals surface area contributed by atoms with Crippen molar-refractivity contribution in [3.8, 4) is 5.69 Å². The zero-order chi connectivity index (χ0) is 19.3. The van der Waals surface area contributed by atoms with E-state index in [1.165, 1.54) is 12.1 Å². The van der Waals surface area contributed by atoms with Gasteiger partial charge in [0, 0.05) is 23.5 Å². The Labute approximate surface area is 157 Å². The van der Waals surface area contributed by atoms with Crippen LogP contribution in [-0.2, 0) is 6.18 Å². The highest BCUT2D eigenvalue weighted by Crippen LogP contribution is 2.47. The zero-order valence-corrected chi connectivity index (χ0v) is 15.0. The molecule has 1 saturated carbocycles. The van der Waals surface area contributed by atoms with Crippen molar-refractivity contribution in [2.75, 3.05) is 11.6 Å². The first kappa shape index (κ1) is 18.0. The molecule has 1 fully saturated rings. The summed E-state index contributed by atoms with van der Waals surface area (Å²) >= 11 is 5.96. The number of hydrogen-bond acceptors (Lipinski definition) is 3. The molecule has 2 heterocycles. The molecule has 0 bridgehead atoms. The molecule has 0 unspecified atom stereocenters. The summed E-state index contributed by atoms with van der Waals surface area (Å²) in [6, 6.07) is 4.30. The van der Waals surface area contributed by atoms with Crippen LogP contribution in [0.3, 0.4) is 0 Å². The van der Waals surface area contributed by atoms with E-state index < -0.39 is 22.7 Å². The maximum absolute atomic E-state index is 14.8. The molecule has 0 N–H and O–H groups in total. The van der Waals surface area contributed by atoms with Crippen molar-refractivity contribution in [2.24, 2.45) is 4.99 Å². The van der Waals surface area contributed by atoms with E-state index in [-0.39, 0.29) is 17.3 Å². The van der Waals surface area contributed by atoms with Crippen LogP contribution < -0.4 is 4.90 Å². The second-order valence-electron chi connectivity index (χ2n) is 6.59. The minimum atomic E-state index is -4.70. The molecule has 0 amide bonds. The molecule has 0 radical (unpaired) electrons. The van der Waals surface area contributed by atoms with Gasteiger partial charge in [-0.2, -0.15) is 18.3 Å². The lowest BCUT2D eigenvalue weighted by molar-refractivity contribution is -0.141. The van der Waals surface area contributed by atoms with Crippen molar-refractivity contribution < 1.29 is 17.6 Å². The lowest BCUT2D eigenvalue weighted by Crippen LogP contribution is -2.20. The fourth-order valence-electron chi connectivity index (χ4n) is 2.99. The van der Waals surface area contributed by atoms with Crippen LogP contribution in [0.4, 0.5) is 23.2 Å². The molecule has 1 aliphatic heterocycles. The predicted octanol–water partition coefficient (Wildman–Crippen LogP) is 5.31. The number of rotatable bonds is 3. The second kappa shape index (κ2) is 6.37. The van der Waals surface area contributed by atoms with Crippen LogP contribution >= 0.6 is 11.6 Å². The molecule has 27 heavy (non-hydrogen) atoms. The summed E-state index contributed by atoms with van der Waals surface area (Å²) in [7, 11) is 0. The Morgan fingerprint density at radius 2 is 1.96 bits per heavy atom. The third-order valence-electron chi connectivity index (χ3n) is 4.55. The SMILES string of the molecule is CC1=NCN(c2ccc(-n3nc(C(F)(F)F)c(Cl)c3C3CC3)c(F)c2)C=C1. The molecule has 142 valence electrons. The topological polar surface area (TPSA) is 33.4 Å². The summed E-state index contributed by atoms with van der Waals surface area (Å²) in [4.78, 5) is 5.99. The summed E-state index contributed by atoms with van der Waals surface area (Å²) in [5, 5.41) is 3.15. The van der Waals surface area contributed by atoms with Gasteiger partial charge in [0.15, 0.2) is 11.5 Å². The van der Waals surface area contributed by atoms with Crippen LogP contribution in [0.15, 0.2) is 35.5 Å². The van der Waals surface area contributed by atoms with Gasteiger partial charge in [0.1, 0.15) is 12.4 Å². The number of nitrogens with zero attached hydrogens (tertiary/aromatic N) is 4. The van der Waals surface area contributed by atoms with E-state index in [0.717, 1.165) is 10.4 Å². The van der Waals surface area contributed by atoms with Crippen LogP contribution in [0.25, 0.3) is 5.69 Å². The van der Waals surface area contributed by atoms with E-state index in [0.29, 0.717) is 25.2 Å². The van der Waals surface area contributed by atoms with Crippen LogP contribution in [0, 0.1) is 5.82 Å². The van der Waals surface area contributed by atoms with E-state index >= 15 is 0 Å². The molecular formula is C18H15ClF4N4. The highest BCUT2D eigenvalue weighted by Gasteiger charge is 2.42. The first-order valence-electron chi connectivity index (χ1n) is 8.37. The number of allylic oxidation sites excluding steroid dienone is 1. The maximum atomic E-state index is 14.8. The Morgan fingerprint density at radius 3 is 2.52 bits per heavy atom. The molecule has 1 aromatic carbocycles. The summed E-state index contributed by atoms with van der Waals surface area (Å²) in [5.74, 6) is -0.815. The van der Waals surface area contributed by atoms with E-state index in [2.05, 4.69) is 10.1 Å². The average molecular weight is 399 g/mol. The van der Waals surface area contributed by atoms with Crippen molar-refractivity contribution in [2.45, 2.75) is 31.9 Å². The van der Waals surface area contributed by atoms with Crippen molar-refractivity contribution in [3.63, 3.8) is 0 Å². The zero-order valence-electron chi connectivity index (χ0n) is 14.3. The average Bonchev–Trinajstić information content (AvgIpc) is 3.37. The number of halogens is 5. The third-order valence-corrected chi connectivity index (χ3v) is 4.93. The maximum Gasteiger partial charge on any atom is 0.436 e. The van der Waals surface area contributed by atoms with Crippen molar-refractivity contribution in [1.29, 1.82) is 0 Å².